The van der Waals surface area contributed by atoms with Crippen LogP contribution in [0.1, 0.15) is 20.3 Å². The van der Waals surface area contributed by atoms with Gasteiger partial charge in [0.25, 0.3) is 5.69 Å². The molecule has 0 aliphatic carbocycles. The zero-order valence-electron chi connectivity index (χ0n) is 13.3. The Morgan fingerprint density at radius 1 is 1.32 bits per heavy atom. The fraction of sp³-hybridized carbons (Fsp3) is 0.625. The third-order valence-corrected chi connectivity index (χ3v) is 3.93. The lowest BCUT2D eigenvalue weighted by molar-refractivity contribution is -0.384. The van der Waals surface area contributed by atoms with Crippen LogP contribution in [0.15, 0.2) is 24.3 Å². The first kappa shape index (κ1) is 16.7. The Bertz CT molecular complexity index is 487. The van der Waals surface area contributed by atoms with E-state index in [1.807, 2.05) is 6.07 Å². The van der Waals surface area contributed by atoms with Crippen molar-refractivity contribution in [2.45, 2.75) is 26.3 Å². The molecule has 1 aromatic carbocycles. The first-order valence-corrected chi connectivity index (χ1v) is 7.87. The first-order valence-electron chi connectivity index (χ1n) is 7.87. The summed E-state index contributed by atoms with van der Waals surface area (Å²) < 4.78 is 5.42. The number of nitrogens with zero attached hydrogens (tertiary/aromatic N) is 2. The molecule has 22 heavy (non-hydrogen) atoms. The molecule has 2 rings (SSSR count). The Morgan fingerprint density at radius 2 is 2.00 bits per heavy atom. The maximum absolute atomic E-state index is 11.1. The topological polar surface area (TPSA) is 67.6 Å². The normalized spacial score (nSPS) is 17.4. The molecule has 1 aromatic rings. The molecule has 1 unspecified atom stereocenters. The summed E-state index contributed by atoms with van der Waals surface area (Å²) >= 11 is 0. The van der Waals surface area contributed by atoms with Crippen LogP contribution in [0.25, 0.3) is 0 Å². The van der Waals surface area contributed by atoms with Gasteiger partial charge in [0, 0.05) is 31.7 Å². The summed E-state index contributed by atoms with van der Waals surface area (Å²) in [6, 6.07) is 7.18. The van der Waals surface area contributed by atoms with Crippen molar-refractivity contribution in [2.24, 2.45) is 5.92 Å². The second kappa shape index (κ2) is 8.10. The van der Waals surface area contributed by atoms with E-state index in [0.717, 1.165) is 32.7 Å². The number of anilines is 1. The van der Waals surface area contributed by atoms with Crippen molar-refractivity contribution in [3.63, 3.8) is 0 Å². The van der Waals surface area contributed by atoms with Gasteiger partial charge >= 0.3 is 0 Å². The van der Waals surface area contributed by atoms with Crippen LogP contribution in [0, 0.1) is 16.0 Å². The molecule has 0 radical (unpaired) electrons. The largest absolute Gasteiger partial charge is 0.379 e. The van der Waals surface area contributed by atoms with Crippen molar-refractivity contribution in [3.05, 3.63) is 34.4 Å². The van der Waals surface area contributed by atoms with Crippen LogP contribution in [0.3, 0.4) is 0 Å². The molecule has 0 bridgehead atoms. The van der Waals surface area contributed by atoms with Crippen molar-refractivity contribution < 1.29 is 9.66 Å². The Hall–Kier alpha value is -1.66. The number of para-hydroxylation sites is 2. The van der Waals surface area contributed by atoms with Gasteiger partial charge in [0.05, 0.1) is 18.1 Å². The van der Waals surface area contributed by atoms with E-state index in [-0.39, 0.29) is 10.6 Å². The standard InChI is InChI=1S/C16H25N3O3/c1-13(2)11-14(18-7-9-22-10-8-18)12-17-15-5-3-4-6-16(15)19(20)21/h3-6,13-14,17H,7-12H2,1-2H3. The number of hydrogen-bond donors (Lipinski definition) is 1. The number of hydrogen-bond acceptors (Lipinski definition) is 5. The predicted octanol–water partition coefficient (Wildman–Crippen LogP) is 2.75. The summed E-state index contributed by atoms with van der Waals surface area (Å²) in [5, 5.41) is 14.4. The minimum atomic E-state index is -0.339. The fourth-order valence-corrected chi connectivity index (χ4v) is 2.86. The molecule has 1 heterocycles. The van der Waals surface area contributed by atoms with E-state index in [9.17, 15) is 10.1 Å². The number of benzene rings is 1. The first-order chi connectivity index (χ1) is 10.6. The number of rotatable bonds is 7. The van der Waals surface area contributed by atoms with Crippen LogP contribution < -0.4 is 5.32 Å². The smallest absolute Gasteiger partial charge is 0.292 e. The molecule has 122 valence electrons. The highest BCUT2D eigenvalue weighted by Gasteiger charge is 2.22. The second-order valence-corrected chi connectivity index (χ2v) is 6.09. The molecule has 1 fully saturated rings. The molecule has 1 atom stereocenters. The van der Waals surface area contributed by atoms with E-state index in [0.29, 0.717) is 24.2 Å². The van der Waals surface area contributed by atoms with Gasteiger partial charge < -0.3 is 10.1 Å². The Balaban J connectivity index is 2.02. The van der Waals surface area contributed by atoms with Gasteiger partial charge in [-0.2, -0.15) is 0 Å². The molecule has 0 spiro atoms. The van der Waals surface area contributed by atoms with Gasteiger partial charge in [-0.15, -0.1) is 0 Å². The zero-order valence-corrected chi connectivity index (χ0v) is 13.3. The summed E-state index contributed by atoms with van der Waals surface area (Å²) in [6.07, 6.45) is 1.06. The number of ether oxygens (including phenoxy) is 1. The summed E-state index contributed by atoms with van der Waals surface area (Å²) in [5.74, 6) is 0.584. The summed E-state index contributed by atoms with van der Waals surface area (Å²) in [6.45, 7) is 8.51. The van der Waals surface area contributed by atoms with E-state index in [1.54, 1.807) is 12.1 Å². The molecule has 1 N–H and O–H groups in total. The van der Waals surface area contributed by atoms with Gasteiger partial charge in [0.15, 0.2) is 0 Å². The SMILES string of the molecule is CC(C)CC(CNc1ccccc1[N+](=O)[O-])N1CCOCC1. The van der Waals surface area contributed by atoms with Crippen LogP contribution in [-0.2, 0) is 4.74 Å². The molecular weight excluding hydrogens is 282 g/mol. The van der Waals surface area contributed by atoms with E-state index < -0.39 is 0 Å². The lowest BCUT2D eigenvalue weighted by Crippen LogP contribution is -2.47. The average molecular weight is 307 g/mol. The molecule has 0 amide bonds. The van der Waals surface area contributed by atoms with Gasteiger partial charge in [0.1, 0.15) is 5.69 Å². The molecule has 0 aromatic heterocycles. The summed E-state index contributed by atoms with van der Waals surface area (Å²) in [7, 11) is 0. The molecule has 1 aliphatic rings. The third-order valence-electron chi connectivity index (χ3n) is 3.93. The van der Waals surface area contributed by atoms with E-state index in [4.69, 9.17) is 4.74 Å². The van der Waals surface area contributed by atoms with Crippen LogP contribution in [0.2, 0.25) is 0 Å². The maximum Gasteiger partial charge on any atom is 0.292 e. The number of nitrogens with one attached hydrogen (secondary N) is 1. The van der Waals surface area contributed by atoms with Gasteiger partial charge in [-0.05, 0) is 18.4 Å². The van der Waals surface area contributed by atoms with Gasteiger partial charge in [-0.25, -0.2) is 0 Å². The maximum atomic E-state index is 11.1. The molecule has 6 heteroatoms. The lowest BCUT2D eigenvalue weighted by Gasteiger charge is -2.35. The van der Waals surface area contributed by atoms with Gasteiger partial charge in [0.2, 0.25) is 0 Å². The highest BCUT2D eigenvalue weighted by atomic mass is 16.6. The Kier molecular flexibility index (Phi) is 6.15. The summed E-state index contributed by atoms with van der Waals surface area (Å²) in [4.78, 5) is 13.2. The third kappa shape index (κ3) is 4.68. The van der Waals surface area contributed by atoms with Crippen molar-refractivity contribution in [1.29, 1.82) is 0 Å². The highest BCUT2D eigenvalue weighted by molar-refractivity contribution is 5.61. The minimum Gasteiger partial charge on any atom is -0.379 e. The number of nitro benzene ring substituents is 1. The molecule has 6 nitrogen and oxygen atoms in total. The monoisotopic (exact) mass is 307 g/mol. The van der Waals surface area contributed by atoms with Crippen LogP contribution in [-0.4, -0.2) is 48.7 Å². The fourth-order valence-electron chi connectivity index (χ4n) is 2.86. The van der Waals surface area contributed by atoms with E-state index >= 15 is 0 Å². The predicted molar refractivity (Wildman–Crippen MR) is 87.2 cm³/mol. The minimum absolute atomic E-state index is 0.132. The van der Waals surface area contributed by atoms with Crippen molar-refractivity contribution in [1.82, 2.24) is 4.90 Å². The van der Waals surface area contributed by atoms with E-state index in [2.05, 4.69) is 24.1 Å². The van der Waals surface area contributed by atoms with Crippen LogP contribution in [0.4, 0.5) is 11.4 Å². The van der Waals surface area contributed by atoms with Crippen molar-refractivity contribution in [2.75, 3.05) is 38.2 Å². The molecule has 0 saturated carbocycles. The lowest BCUT2D eigenvalue weighted by atomic mass is 10.0. The Labute approximate surface area is 131 Å². The second-order valence-electron chi connectivity index (χ2n) is 6.09. The molecule has 1 saturated heterocycles. The molecule has 1 aliphatic heterocycles. The van der Waals surface area contributed by atoms with E-state index in [1.165, 1.54) is 6.07 Å². The molecular formula is C16H25N3O3. The van der Waals surface area contributed by atoms with Crippen molar-refractivity contribution >= 4 is 11.4 Å². The highest BCUT2D eigenvalue weighted by Crippen LogP contribution is 2.24. The zero-order chi connectivity index (χ0) is 15.9. The number of morpholine rings is 1. The van der Waals surface area contributed by atoms with Crippen LogP contribution in [0.5, 0.6) is 0 Å². The van der Waals surface area contributed by atoms with Crippen molar-refractivity contribution in [3.8, 4) is 0 Å². The van der Waals surface area contributed by atoms with Gasteiger partial charge in [-0.1, -0.05) is 26.0 Å². The average Bonchev–Trinajstić information content (AvgIpc) is 2.52. The summed E-state index contributed by atoms with van der Waals surface area (Å²) in [5.41, 5.74) is 0.724. The Morgan fingerprint density at radius 3 is 2.64 bits per heavy atom. The van der Waals surface area contributed by atoms with Crippen LogP contribution >= 0.6 is 0 Å². The quantitative estimate of drug-likeness (QED) is 0.619. The number of nitro groups is 1. The van der Waals surface area contributed by atoms with Gasteiger partial charge in [-0.3, -0.25) is 15.0 Å².